The van der Waals surface area contributed by atoms with Crippen LogP contribution in [0.3, 0.4) is 0 Å². The van der Waals surface area contributed by atoms with Gasteiger partial charge in [0, 0.05) is 76.5 Å². The fraction of sp³-hybridized carbons (Fsp3) is 0.736. The Morgan fingerprint density at radius 1 is 0.544 bits per heavy atom. The number of nitrogens with zero attached hydrogens (tertiary/aromatic N) is 2. The minimum atomic E-state index is -0.168. The van der Waals surface area contributed by atoms with E-state index in [2.05, 4.69) is 181 Å². The third kappa shape index (κ3) is 37.5. The Bertz CT molecular complexity index is 1200. The van der Waals surface area contributed by atoms with E-state index in [1.54, 1.807) is 11.6 Å². The molecular formula is C53H102N2Y2-4. The minimum absolute atomic E-state index is 0. The first-order valence-corrected chi connectivity index (χ1v) is 18.8. The second-order valence-corrected chi connectivity index (χ2v) is 22.3. The minimum Gasteiger partial charge on any atom is -0.908 e. The number of rotatable bonds is 2. The van der Waals surface area contributed by atoms with Crippen molar-refractivity contribution in [3.63, 3.8) is 0 Å². The van der Waals surface area contributed by atoms with Crippen molar-refractivity contribution in [3.8, 4) is 0 Å². The number of aliphatic imine (C=N–C) groups is 1. The van der Waals surface area contributed by atoms with Crippen molar-refractivity contribution in [2.75, 3.05) is 6.54 Å². The van der Waals surface area contributed by atoms with Crippen LogP contribution in [0.25, 0.3) is 5.41 Å². The predicted molar refractivity (Wildman–Crippen MR) is 262 cm³/mol. The molecule has 1 aliphatic heterocycles. The zero-order valence-corrected chi connectivity index (χ0v) is 44.6. The average Bonchev–Trinajstić information content (AvgIpc) is 3.55. The van der Waals surface area contributed by atoms with Gasteiger partial charge in [0.15, 0.2) is 0 Å². The molecule has 1 heterocycles. The molecule has 0 amide bonds. The molecule has 2 nitrogen and oxygen atoms in total. The molecule has 0 bridgehead atoms. The van der Waals surface area contributed by atoms with Gasteiger partial charge >= 0.3 is 0 Å². The quantitative estimate of drug-likeness (QED) is 0.150. The van der Waals surface area contributed by atoms with Crippen LogP contribution in [0.1, 0.15) is 210 Å². The van der Waals surface area contributed by atoms with Crippen molar-refractivity contribution in [3.05, 3.63) is 76.8 Å². The molecule has 334 valence electrons. The Balaban J connectivity index is -0.0000000740. The van der Waals surface area contributed by atoms with Gasteiger partial charge in [0.25, 0.3) is 0 Å². The Hall–Kier alpha value is -0.0122. The smallest absolute Gasteiger partial charge is 0.0611 e. The van der Waals surface area contributed by atoms with Crippen molar-refractivity contribution in [1.29, 1.82) is 0 Å². The van der Waals surface area contributed by atoms with Crippen molar-refractivity contribution in [1.82, 2.24) is 0 Å². The topological polar surface area (TPSA) is 34.7 Å². The third-order valence-corrected chi connectivity index (χ3v) is 8.10. The maximum Gasteiger partial charge on any atom is 0.0611 e. The second-order valence-electron chi connectivity index (χ2n) is 22.3. The Kier molecular flexibility index (Phi) is 39.9. The first-order chi connectivity index (χ1) is 21.7. The van der Waals surface area contributed by atoms with E-state index < -0.39 is 0 Å². The molecule has 0 unspecified atom stereocenters. The molecule has 57 heavy (non-hydrogen) atoms. The molecule has 0 N–H and O–H groups in total. The molecule has 0 saturated heterocycles. The summed E-state index contributed by atoms with van der Waals surface area (Å²) in [5.41, 5.74) is 8.16. The van der Waals surface area contributed by atoms with E-state index in [1.807, 2.05) is 26.8 Å². The van der Waals surface area contributed by atoms with Crippen LogP contribution in [-0.2, 0) is 65.4 Å². The van der Waals surface area contributed by atoms with Gasteiger partial charge in [0.2, 0.25) is 0 Å². The van der Waals surface area contributed by atoms with Crippen LogP contribution >= 0.6 is 0 Å². The molecule has 0 aromatic heterocycles. The van der Waals surface area contributed by atoms with Crippen LogP contribution in [0.15, 0.2) is 57.7 Å². The van der Waals surface area contributed by atoms with Crippen LogP contribution in [0.4, 0.5) is 0 Å². The van der Waals surface area contributed by atoms with Crippen molar-refractivity contribution < 1.29 is 65.4 Å². The van der Waals surface area contributed by atoms with Crippen LogP contribution in [0.2, 0.25) is 0 Å². The summed E-state index contributed by atoms with van der Waals surface area (Å²) in [6, 6.07) is 0. The van der Waals surface area contributed by atoms with E-state index >= 15 is 0 Å². The van der Waals surface area contributed by atoms with Crippen LogP contribution < -0.4 is 0 Å². The van der Waals surface area contributed by atoms with Crippen molar-refractivity contribution in [2.24, 2.45) is 48.3 Å². The Labute approximate surface area is 414 Å². The second kappa shape index (κ2) is 29.3. The van der Waals surface area contributed by atoms with Gasteiger partial charge < -0.3 is 35.4 Å². The molecule has 4 heteroatoms. The maximum absolute atomic E-state index is 9.55. The molecular weight excluding hydrogens is 842 g/mol. The average molecular weight is 945 g/mol. The van der Waals surface area contributed by atoms with Gasteiger partial charge in [-0.3, -0.25) is 17.1 Å². The first kappa shape index (κ1) is 77.6. The van der Waals surface area contributed by atoms with Crippen LogP contribution in [-0.4, -0.2) is 18.0 Å². The standard InChI is InChI=1S/C13H22.C12H21N.C12H20.C11H19N.5CH4.2Y/c1-12(2,3)10-7-8-11(9-10)13(4,5)6;1-11(2,3)9-7-10(13-8-9)12(4,5)6;1-10(12(5,6)7)8-9-11(2,3)4;1-10(2,3)8-7-9(12)11(4,5)6;;;;;;;/h7,9H,8H2,1-6H3;7H,8H2,1-6H3;1,8H,2-7H3;7H,1-6H3;5*1H4;;/q;;2*-2;;;;;;;. The molecule has 0 aromatic rings. The summed E-state index contributed by atoms with van der Waals surface area (Å²) in [6.45, 7) is 58.6. The zero-order valence-electron chi connectivity index (χ0n) is 38.9. The molecule has 2 aliphatic rings. The summed E-state index contributed by atoms with van der Waals surface area (Å²) < 4.78 is 0. The molecule has 2 rings (SSSR count). The van der Waals surface area contributed by atoms with Gasteiger partial charge in [-0.1, -0.05) is 226 Å². The number of allylic oxidation sites excluding steroid dienone is 10. The third-order valence-electron chi connectivity index (χ3n) is 8.10. The van der Waals surface area contributed by atoms with Gasteiger partial charge in [-0.05, 0) is 39.9 Å². The Morgan fingerprint density at radius 3 is 1.12 bits per heavy atom. The fourth-order valence-electron chi connectivity index (χ4n) is 3.92. The molecule has 0 aromatic carbocycles. The van der Waals surface area contributed by atoms with Gasteiger partial charge in [-0.25, -0.2) is 0 Å². The van der Waals surface area contributed by atoms with E-state index in [0.717, 1.165) is 18.5 Å². The molecule has 2 radical (unpaired) electrons. The summed E-state index contributed by atoms with van der Waals surface area (Å²) in [5, 5.41) is 9.55. The normalized spacial score (nSPS) is 14.3. The van der Waals surface area contributed by atoms with Crippen molar-refractivity contribution >= 4 is 11.4 Å². The molecule has 0 atom stereocenters. The summed E-state index contributed by atoms with van der Waals surface area (Å²) >= 11 is 0. The van der Waals surface area contributed by atoms with E-state index in [4.69, 9.17) is 6.58 Å². The molecule has 0 spiro atoms. The predicted octanol–water partition coefficient (Wildman–Crippen LogP) is 18.2. The first-order valence-electron chi connectivity index (χ1n) is 18.8. The summed E-state index contributed by atoms with van der Waals surface area (Å²) in [6.07, 6.45) is 18.1. The molecule has 0 fully saturated rings. The number of hydrogen-bond acceptors (Lipinski definition) is 1. The zero-order chi connectivity index (χ0) is 40.5. The van der Waals surface area contributed by atoms with Gasteiger partial charge in [0.1, 0.15) is 0 Å². The summed E-state index contributed by atoms with van der Waals surface area (Å²) in [5.74, 6) is 0. The monoisotopic (exact) mass is 945 g/mol. The fourth-order valence-corrected chi connectivity index (χ4v) is 3.92. The van der Waals surface area contributed by atoms with Crippen molar-refractivity contribution in [2.45, 2.75) is 210 Å². The number of hydrogen-bond donors (Lipinski definition) is 0. The summed E-state index contributed by atoms with van der Waals surface area (Å²) in [7, 11) is 0. The Morgan fingerprint density at radius 2 is 0.912 bits per heavy atom. The van der Waals surface area contributed by atoms with Gasteiger partial charge in [-0.2, -0.15) is 0 Å². The molecule has 0 saturated carbocycles. The largest absolute Gasteiger partial charge is 0.908 e. The van der Waals surface area contributed by atoms with Gasteiger partial charge in [-0.15, -0.1) is 16.2 Å². The molecule has 1 aliphatic carbocycles. The van der Waals surface area contributed by atoms with E-state index in [0.29, 0.717) is 16.5 Å². The SMILES string of the molecule is C.C.C.C.C.CC(C)(C)C1=CC(C(C)(C)C)=NC1.CC(C)(C)C1=CCC(C(C)(C)C)=C1.CC(C)(C)[C-]=CC(=[N-])C(C)(C)C.[CH-]=C(C=[C-]C(C)(C)C)C(C)(C)C.[Y].[Y]. The maximum atomic E-state index is 9.55. The van der Waals surface area contributed by atoms with Crippen LogP contribution in [0.5, 0.6) is 0 Å². The van der Waals surface area contributed by atoms with Gasteiger partial charge in [0.05, 0.1) is 6.54 Å². The summed E-state index contributed by atoms with van der Waals surface area (Å²) in [4.78, 5) is 4.58. The van der Waals surface area contributed by atoms with Crippen LogP contribution in [0, 0.1) is 62.1 Å². The van der Waals surface area contributed by atoms with E-state index in [1.165, 1.54) is 16.9 Å². The van der Waals surface area contributed by atoms with E-state index in [-0.39, 0.29) is 135 Å². The van der Waals surface area contributed by atoms with E-state index in [9.17, 15) is 5.41 Å².